The molecule has 0 bridgehead atoms. The molecule has 2 rings (SSSR count). The van der Waals surface area contributed by atoms with Gasteiger partial charge in [0.1, 0.15) is 11.9 Å². The zero-order valence-electron chi connectivity index (χ0n) is 13.1. The Bertz CT molecular complexity index is 545. The number of nitrogens with two attached hydrogens (primary N) is 1. The summed E-state index contributed by atoms with van der Waals surface area (Å²) < 4.78 is 6.12. The molecule has 2 N–H and O–H groups in total. The Morgan fingerprint density at radius 2 is 1.86 bits per heavy atom. The van der Waals surface area contributed by atoms with Gasteiger partial charge in [0.25, 0.3) is 0 Å². The maximum absolute atomic E-state index is 6.12. The monoisotopic (exact) mass is 303 g/mol. The second-order valence-corrected chi connectivity index (χ2v) is 6.91. The van der Waals surface area contributed by atoms with E-state index in [-0.39, 0.29) is 12.1 Å². The standard InChI is InChI=1S/C18H25NOS/c1-4-5-6-15-8-10-16(11-9-15)20-18(14(3)19)17-12-7-13(2)21-17/h7-12,14,18H,4-6,19H2,1-3H3. The van der Waals surface area contributed by atoms with Crippen molar-refractivity contribution in [3.05, 3.63) is 51.7 Å². The Kier molecular flexibility index (Phi) is 5.83. The van der Waals surface area contributed by atoms with E-state index in [2.05, 4.69) is 50.2 Å². The molecule has 2 atom stereocenters. The topological polar surface area (TPSA) is 35.2 Å². The van der Waals surface area contributed by atoms with Crippen LogP contribution in [0.1, 0.15) is 48.1 Å². The fourth-order valence-corrected chi connectivity index (χ4v) is 3.32. The highest BCUT2D eigenvalue weighted by Gasteiger charge is 2.19. The summed E-state index contributed by atoms with van der Waals surface area (Å²) in [5, 5.41) is 0. The summed E-state index contributed by atoms with van der Waals surface area (Å²) in [4.78, 5) is 2.48. The van der Waals surface area contributed by atoms with Gasteiger partial charge in [0.2, 0.25) is 0 Å². The van der Waals surface area contributed by atoms with Crippen LogP contribution in [0.15, 0.2) is 36.4 Å². The summed E-state index contributed by atoms with van der Waals surface area (Å²) in [6.07, 6.45) is 3.52. The highest BCUT2D eigenvalue weighted by molar-refractivity contribution is 7.12. The Balaban J connectivity index is 2.07. The number of unbranched alkanes of at least 4 members (excludes halogenated alkanes) is 1. The van der Waals surface area contributed by atoms with Crippen molar-refractivity contribution in [2.75, 3.05) is 0 Å². The van der Waals surface area contributed by atoms with Gasteiger partial charge in [0.05, 0.1) is 0 Å². The van der Waals surface area contributed by atoms with Crippen molar-refractivity contribution < 1.29 is 4.74 Å². The highest BCUT2D eigenvalue weighted by Crippen LogP contribution is 2.29. The zero-order valence-corrected chi connectivity index (χ0v) is 14.0. The third kappa shape index (κ3) is 4.58. The lowest BCUT2D eigenvalue weighted by molar-refractivity contribution is 0.184. The van der Waals surface area contributed by atoms with Gasteiger partial charge in [-0.3, -0.25) is 0 Å². The Labute approximate surface area is 132 Å². The Morgan fingerprint density at radius 3 is 2.38 bits per heavy atom. The molecular formula is C18H25NOS. The van der Waals surface area contributed by atoms with Crippen LogP contribution < -0.4 is 10.5 Å². The van der Waals surface area contributed by atoms with Crippen LogP contribution in [0.2, 0.25) is 0 Å². The van der Waals surface area contributed by atoms with Gasteiger partial charge in [-0.2, -0.15) is 0 Å². The number of aryl methyl sites for hydroxylation is 2. The van der Waals surface area contributed by atoms with Crippen molar-refractivity contribution in [1.29, 1.82) is 0 Å². The Hall–Kier alpha value is -1.32. The summed E-state index contributed by atoms with van der Waals surface area (Å²) in [6, 6.07) is 12.6. The van der Waals surface area contributed by atoms with E-state index >= 15 is 0 Å². The van der Waals surface area contributed by atoms with Gasteiger partial charge < -0.3 is 10.5 Å². The molecule has 0 aliphatic rings. The average molecular weight is 303 g/mol. The van der Waals surface area contributed by atoms with Gasteiger partial charge >= 0.3 is 0 Å². The molecule has 0 fully saturated rings. The molecule has 0 aliphatic carbocycles. The summed E-state index contributed by atoms with van der Waals surface area (Å²) in [5.41, 5.74) is 7.47. The molecule has 3 heteroatoms. The number of rotatable bonds is 7. The second kappa shape index (κ2) is 7.62. The predicted octanol–water partition coefficient (Wildman–Crippen LogP) is 4.87. The normalized spacial score (nSPS) is 13.9. The summed E-state index contributed by atoms with van der Waals surface area (Å²) in [7, 11) is 0. The van der Waals surface area contributed by atoms with Gasteiger partial charge in [-0.25, -0.2) is 0 Å². The summed E-state index contributed by atoms with van der Waals surface area (Å²) >= 11 is 1.75. The molecule has 0 amide bonds. The van der Waals surface area contributed by atoms with E-state index in [1.54, 1.807) is 11.3 Å². The van der Waals surface area contributed by atoms with E-state index in [1.807, 2.05) is 6.92 Å². The van der Waals surface area contributed by atoms with Crippen LogP contribution in [0.3, 0.4) is 0 Å². The van der Waals surface area contributed by atoms with Crippen LogP contribution in [-0.4, -0.2) is 6.04 Å². The molecule has 0 saturated carbocycles. The maximum atomic E-state index is 6.12. The summed E-state index contributed by atoms with van der Waals surface area (Å²) in [5.74, 6) is 0.892. The molecule has 2 unspecified atom stereocenters. The average Bonchev–Trinajstić information content (AvgIpc) is 2.89. The minimum absolute atomic E-state index is 0.0391. The molecule has 21 heavy (non-hydrogen) atoms. The van der Waals surface area contributed by atoms with Gasteiger partial charge in [-0.15, -0.1) is 11.3 Å². The van der Waals surface area contributed by atoms with Crippen LogP contribution >= 0.6 is 11.3 Å². The summed E-state index contributed by atoms with van der Waals surface area (Å²) in [6.45, 7) is 6.32. The molecule has 1 aromatic heterocycles. The first-order valence-corrected chi connectivity index (χ1v) is 8.49. The lowest BCUT2D eigenvalue weighted by Crippen LogP contribution is -2.28. The molecule has 1 aromatic carbocycles. The molecule has 2 aromatic rings. The molecule has 0 radical (unpaired) electrons. The number of hydrogen-bond acceptors (Lipinski definition) is 3. The predicted molar refractivity (Wildman–Crippen MR) is 91.1 cm³/mol. The van der Waals surface area contributed by atoms with Crippen LogP contribution in [0, 0.1) is 6.92 Å². The van der Waals surface area contributed by atoms with E-state index in [1.165, 1.54) is 28.2 Å². The maximum Gasteiger partial charge on any atom is 0.148 e. The molecule has 114 valence electrons. The molecule has 0 spiro atoms. The van der Waals surface area contributed by atoms with Gasteiger partial charge in [-0.05, 0) is 56.5 Å². The first-order chi connectivity index (χ1) is 10.1. The number of thiophene rings is 1. The minimum atomic E-state index is -0.0785. The third-order valence-corrected chi connectivity index (χ3v) is 4.59. The number of hydrogen-bond donors (Lipinski definition) is 1. The van der Waals surface area contributed by atoms with Crippen LogP contribution in [0.4, 0.5) is 0 Å². The zero-order chi connectivity index (χ0) is 15.2. The van der Waals surface area contributed by atoms with Crippen LogP contribution in [0.25, 0.3) is 0 Å². The SMILES string of the molecule is CCCCc1ccc(OC(c2ccc(C)s2)C(C)N)cc1. The van der Waals surface area contributed by atoms with E-state index in [9.17, 15) is 0 Å². The third-order valence-electron chi connectivity index (χ3n) is 3.52. The lowest BCUT2D eigenvalue weighted by Gasteiger charge is -2.21. The van der Waals surface area contributed by atoms with Gasteiger partial charge in [0, 0.05) is 15.8 Å². The first kappa shape index (κ1) is 16.1. The quantitative estimate of drug-likeness (QED) is 0.792. The minimum Gasteiger partial charge on any atom is -0.483 e. The lowest BCUT2D eigenvalue weighted by atomic mass is 10.1. The molecule has 2 nitrogen and oxygen atoms in total. The van der Waals surface area contributed by atoms with E-state index in [4.69, 9.17) is 10.5 Å². The molecule has 1 heterocycles. The highest BCUT2D eigenvalue weighted by atomic mass is 32.1. The van der Waals surface area contributed by atoms with Crippen molar-refractivity contribution in [3.63, 3.8) is 0 Å². The number of benzene rings is 1. The largest absolute Gasteiger partial charge is 0.483 e. The molecular weight excluding hydrogens is 278 g/mol. The van der Waals surface area contributed by atoms with Crippen LogP contribution in [-0.2, 0) is 6.42 Å². The van der Waals surface area contributed by atoms with Gasteiger partial charge in [0.15, 0.2) is 0 Å². The van der Waals surface area contributed by atoms with Crippen molar-refractivity contribution in [1.82, 2.24) is 0 Å². The van der Waals surface area contributed by atoms with E-state index in [0.717, 1.165) is 12.2 Å². The van der Waals surface area contributed by atoms with E-state index in [0.29, 0.717) is 0 Å². The first-order valence-electron chi connectivity index (χ1n) is 7.67. The smallest absolute Gasteiger partial charge is 0.148 e. The van der Waals surface area contributed by atoms with Crippen molar-refractivity contribution in [2.24, 2.45) is 5.73 Å². The van der Waals surface area contributed by atoms with Gasteiger partial charge in [-0.1, -0.05) is 25.5 Å². The molecule has 0 aliphatic heterocycles. The van der Waals surface area contributed by atoms with Crippen molar-refractivity contribution in [2.45, 2.75) is 52.2 Å². The molecule has 0 saturated heterocycles. The van der Waals surface area contributed by atoms with Crippen molar-refractivity contribution >= 4 is 11.3 Å². The fourth-order valence-electron chi connectivity index (χ4n) is 2.29. The van der Waals surface area contributed by atoms with E-state index < -0.39 is 0 Å². The second-order valence-electron chi connectivity index (χ2n) is 5.59. The number of ether oxygens (including phenoxy) is 1. The van der Waals surface area contributed by atoms with Crippen molar-refractivity contribution in [3.8, 4) is 5.75 Å². The van der Waals surface area contributed by atoms with Crippen LogP contribution in [0.5, 0.6) is 5.75 Å². The Morgan fingerprint density at radius 1 is 1.14 bits per heavy atom. The fraction of sp³-hybridized carbons (Fsp3) is 0.444.